The molecule has 3 unspecified atom stereocenters. The van der Waals surface area contributed by atoms with Crippen molar-refractivity contribution >= 4 is 11.9 Å². The van der Waals surface area contributed by atoms with Crippen LogP contribution in [-0.2, 0) is 4.79 Å². The summed E-state index contributed by atoms with van der Waals surface area (Å²) in [6.07, 6.45) is 3.28. The molecule has 2 aliphatic rings. The first-order valence-corrected chi connectivity index (χ1v) is 6.25. The highest BCUT2D eigenvalue weighted by Gasteiger charge is 2.51. The predicted molar refractivity (Wildman–Crippen MR) is 62.9 cm³/mol. The summed E-state index contributed by atoms with van der Waals surface area (Å²) in [6.45, 7) is 0. The Bertz CT molecular complexity index is 531. The van der Waals surface area contributed by atoms with Crippen LogP contribution in [0.2, 0.25) is 0 Å². The molecule has 1 aromatic heterocycles. The zero-order valence-electron chi connectivity index (χ0n) is 10.1. The summed E-state index contributed by atoms with van der Waals surface area (Å²) < 4.78 is 12.7. The number of nitrogens with zero attached hydrogens (tertiary/aromatic N) is 2. The van der Waals surface area contributed by atoms with Crippen molar-refractivity contribution in [3.8, 4) is 0 Å². The summed E-state index contributed by atoms with van der Waals surface area (Å²) in [4.78, 5) is 28.6. The van der Waals surface area contributed by atoms with Crippen molar-refractivity contribution < 1.29 is 19.1 Å². The Kier molecular flexibility index (Phi) is 2.73. The van der Waals surface area contributed by atoms with Crippen LogP contribution in [0.5, 0.6) is 0 Å². The lowest BCUT2D eigenvalue weighted by Gasteiger charge is -2.22. The van der Waals surface area contributed by atoms with Crippen molar-refractivity contribution in [1.29, 1.82) is 0 Å². The molecule has 0 aromatic carbocycles. The number of carbonyl (C=O) groups is 2. The number of rotatable bonds is 2. The van der Waals surface area contributed by atoms with Crippen LogP contribution in [0.25, 0.3) is 0 Å². The number of hydrogen-bond acceptors (Lipinski definition) is 3. The van der Waals surface area contributed by atoms with E-state index in [9.17, 15) is 14.0 Å². The van der Waals surface area contributed by atoms with E-state index in [0.29, 0.717) is 12.0 Å². The van der Waals surface area contributed by atoms with Gasteiger partial charge in [-0.05, 0) is 31.4 Å². The SMILES string of the molecule is O=C(O)C1CC2CCC1N2C(=O)c1ccc(F)nc1. The van der Waals surface area contributed by atoms with Crippen LogP contribution in [0, 0.1) is 11.9 Å². The van der Waals surface area contributed by atoms with Gasteiger partial charge in [0.15, 0.2) is 0 Å². The number of carbonyl (C=O) groups excluding carboxylic acids is 1. The second-order valence-electron chi connectivity index (χ2n) is 5.06. The van der Waals surface area contributed by atoms with Crippen LogP contribution in [0.3, 0.4) is 0 Å². The van der Waals surface area contributed by atoms with Crippen LogP contribution < -0.4 is 0 Å². The standard InChI is InChI=1S/C13H13FN2O3/c14-11-4-1-7(6-15-11)12(17)16-8-2-3-10(16)9(5-8)13(18)19/h1,4,6,8-10H,2-3,5H2,(H,18,19). The van der Waals surface area contributed by atoms with Crippen molar-refractivity contribution in [2.24, 2.45) is 5.92 Å². The molecule has 2 fully saturated rings. The quantitative estimate of drug-likeness (QED) is 0.817. The number of carboxylic acid groups (broad SMARTS) is 1. The zero-order valence-corrected chi connectivity index (χ0v) is 10.1. The molecule has 19 heavy (non-hydrogen) atoms. The van der Waals surface area contributed by atoms with Gasteiger partial charge in [0.25, 0.3) is 5.91 Å². The molecule has 0 saturated carbocycles. The van der Waals surface area contributed by atoms with Crippen LogP contribution in [0.1, 0.15) is 29.6 Å². The van der Waals surface area contributed by atoms with E-state index < -0.39 is 17.8 Å². The van der Waals surface area contributed by atoms with E-state index in [1.807, 2.05) is 0 Å². The van der Waals surface area contributed by atoms with Gasteiger partial charge in [-0.1, -0.05) is 0 Å². The molecule has 3 heterocycles. The Hall–Kier alpha value is -1.98. The topological polar surface area (TPSA) is 70.5 Å². The summed E-state index contributed by atoms with van der Waals surface area (Å²) in [5.41, 5.74) is 0.310. The first-order chi connectivity index (χ1) is 9.08. The summed E-state index contributed by atoms with van der Waals surface area (Å²) in [5, 5.41) is 9.14. The lowest BCUT2D eigenvalue weighted by atomic mass is 9.89. The molecule has 1 N–H and O–H groups in total. The first kappa shape index (κ1) is 12.1. The summed E-state index contributed by atoms with van der Waals surface area (Å²) in [7, 11) is 0. The maximum Gasteiger partial charge on any atom is 0.308 e. The fourth-order valence-corrected chi connectivity index (χ4v) is 3.22. The van der Waals surface area contributed by atoms with Crippen molar-refractivity contribution in [1.82, 2.24) is 9.88 Å². The van der Waals surface area contributed by atoms with Crippen molar-refractivity contribution in [3.63, 3.8) is 0 Å². The number of hydrogen-bond donors (Lipinski definition) is 1. The minimum Gasteiger partial charge on any atom is -0.481 e. The molecule has 2 bridgehead atoms. The van der Waals surface area contributed by atoms with E-state index in [-0.39, 0.29) is 18.0 Å². The second kappa shape index (κ2) is 4.29. The Labute approximate surface area is 109 Å². The molecule has 0 aliphatic carbocycles. The number of halogens is 1. The fraction of sp³-hybridized carbons (Fsp3) is 0.462. The van der Waals surface area contributed by atoms with Gasteiger partial charge in [-0.2, -0.15) is 4.39 Å². The molecular formula is C13H13FN2O3. The Morgan fingerprint density at radius 1 is 1.37 bits per heavy atom. The fourth-order valence-electron chi connectivity index (χ4n) is 3.22. The molecule has 6 heteroatoms. The molecule has 0 spiro atoms. The van der Waals surface area contributed by atoms with Gasteiger partial charge >= 0.3 is 5.97 Å². The third-order valence-corrected chi connectivity index (χ3v) is 4.06. The summed E-state index contributed by atoms with van der Waals surface area (Å²) >= 11 is 0. The number of aliphatic carboxylic acids is 1. The van der Waals surface area contributed by atoms with E-state index in [0.717, 1.165) is 18.9 Å². The normalized spacial score (nSPS) is 28.7. The molecule has 5 nitrogen and oxygen atoms in total. The van der Waals surface area contributed by atoms with Crippen molar-refractivity contribution in [2.75, 3.05) is 0 Å². The molecule has 1 aromatic rings. The van der Waals surface area contributed by atoms with Gasteiger partial charge in [-0.25, -0.2) is 4.98 Å². The third-order valence-electron chi connectivity index (χ3n) is 4.06. The molecule has 2 aliphatic heterocycles. The van der Waals surface area contributed by atoms with E-state index in [1.54, 1.807) is 4.90 Å². The van der Waals surface area contributed by atoms with Gasteiger partial charge in [0, 0.05) is 18.3 Å². The van der Waals surface area contributed by atoms with Crippen molar-refractivity contribution in [2.45, 2.75) is 31.3 Å². The molecule has 100 valence electrons. The van der Waals surface area contributed by atoms with E-state index >= 15 is 0 Å². The van der Waals surface area contributed by atoms with Gasteiger partial charge in [-0.15, -0.1) is 0 Å². The zero-order chi connectivity index (χ0) is 13.6. The van der Waals surface area contributed by atoms with Crippen LogP contribution in [0.4, 0.5) is 4.39 Å². The highest BCUT2D eigenvalue weighted by Crippen LogP contribution is 2.42. The van der Waals surface area contributed by atoms with Crippen molar-refractivity contribution in [3.05, 3.63) is 29.8 Å². The maximum atomic E-state index is 12.7. The van der Waals surface area contributed by atoms with E-state index in [2.05, 4.69) is 4.98 Å². The van der Waals surface area contributed by atoms with E-state index in [4.69, 9.17) is 5.11 Å². The number of carboxylic acids is 1. The van der Waals surface area contributed by atoms with Crippen LogP contribution >= 0.6 is 0 Å². The number of amides is 1. The van der Waals surface area contributed by atoms with Gasteiger partial charge < -0.3 is 10.0 Å². The molecule has 3 rings (SSSR count). The Morgan fingerprint density at radius 2 is 2.16 bits per heavy atom. The predicted octanol–water partition coefficient (Wildman–Crippen LogP) is 1.30. The van der Waals surface area contributed by atoms with Gasteiger partial charge in [0.2, 0.25) is 5.95 Å². The average Bonchev–Trinajstić information content (AvgIpc) is 2.96. The first-order valence-electron chi connectivity index (χ1n) is 6.25. The lowest BCUT2D eigenvalue weighted by molar-refractivity contribution is -0.142. The van der Waals surface area contributed by atoms with E-state index in [1.165, 1.54) is 12.3 Å². The smallest absolute Gasteiger partial charge is 0.308 e. The summed E-state index contributed by atoms with van der Waals surface area (Å²) in [6, 6.07) is 2.28. The number of aromatic nitrogens is 1. The summed E-state index contributed by atoms with van der Waals surface area (Å²) in [5.74, 6) is -2.20. The molecule has 1 amide bonds. The molecular weight excluding hydrogens is 251 g/mol. The lowest BCUT2D eigenvalue weighted by Crippen LogP contribution is -2.37. The van der Waals surface area contributed by atoms with Crippen LogP contribution in [-0.4, -0.2) is 39.0 Å². The third kappa shape index (κ3) is 1.87. The number of fused-ring (bicyclic) bond motifs is 2. The Balaban J connectivity index is 1.85. The number of pyridine rings is 1. The Morgan fingerprint density at radius 3 is 2.74 bits per heavy atom. The van der Waals surface area contributed by atoms with Gasteiger partial charge in [-0.3, -0.25) is 9.59 Å². The average molecular weight is 264 g/mol. The minimum atomic E-state index is -0.845. The van der Waals surface area contributed by atoms with Crippen LogP contribution in [0.15, 0.2) is 18.3 Å². The highest BCUT2D eigenvalue weighted by molar-refractivity contribution is 5.95. The largest absolute Gasteiger partial charge is 0.481 e. The van der Waals surface area contributed by atoms with Gasteiger partial charge in [0.05, 0.1) is 11.5 Å². The maximum absolute atomic E-state index is 12.7. The van der Waals surface area contributed by atoms with Gasteiger partial charge in [0.1, 0.15) is 0 Å². The minimum absolute atomic E-state index is 0.0105. The molecule has 0 radical (unpaired) electrons. The second-order valence-corrected chi connectivity index (χ2v) is 5.06. The molecule has 3 atom stereocenters. The monoisotopic (exact) mass is 264 g/mol. The highest BCUT2D eigenvalue weighted by atomic mass is 19.1. The molecule has 2 saturated heterocycles.